The molecule has 0 N–H and O–H groups in total. The highest BCUT2D eigenvalue weighted by molar-refractivity contribution is 6.29. The Labute approximate surface area is 151 Å². The Morgan fingerprint density at radius 2 is 2.32 bits per heavy atom. The van der Waals surface area contributed by atoms with Crippen LogP contribution in [0.15, 0.2) is 42.5 Å². The van der Waals surface area contributed by atoms with Crippen molar-refractivity contribution in [2.24, 2.45) is 5.92 Å². The van der Waals surface area contributed by atoms with E-state index in [4.69, 9.17) is 16.3 Å². The molecular formula is C17H21ClN4O3. The highest BCUT2D eigenvalue weighted by Gasteiger charge is 2.45. The minimum atomic E-state index is -0.255. The zero-order valence-electron chi connectivity index (χ0n) is 14.1. The van der Waals surface area contributed by atoms with E-state index < -0.39 is 0 Å². The van der Waals surface area contributed by atoms with Crippen LogP contribution in [0.5, 0.6) is 0 Å². The smallest absolute Gasteiger partial charge is 0.289 e. The first kappa shape index (κ1) is 17.7. The topological polar surface area (TPSA) is 71.7 Å². The van der Waals surface area contributed by atoms with E-state index in [-0.39, 0.29) is 22.8 Å². The van der Waals surface area contributed by atoms with Crippen molar-refractivity contribution in [2.45, 2.75) is 26.1 Å². The van der Waals surface area contributed by atoms with Gasteiger partial charge in [-0.05, 0) is 11.6 Å². The number of nitro groups is 1. The van der Waals surface area contributed by atoms with E-state index in [1.165, 1.54) is 0 Å². The van der Waals surface area contributed by atoms with Crippen LogP contribution in [0.1, 0.15) is 18.9 Å². The maximum atomic E-state index is 11.7. The van der Waals surface area contributed by atoms with E-state index in [0.717, 1.165) is 5.56 Å². The summed E-state index contributed by atoms with van der Waals surface area (Å²) in [5, 5.41) is 12.1. The molecule has 25 heavy (non-hydrogen) atoms. The molecule has 0 radical (unpaired) electrons. The molecule has 2 aliphatic rings. The molecule has 134 valence electrons. The van der Waals surface area contributed by atoms with Crippen LogP contribution in [0.25, 0.3) is 0 Å². The molecule has 1 aromatic rings. The van der Waals surface area contributed by atoms with E-state index in [1.807, 2.05) is 22.8 Å². The number of hydrogen-bond acceptors (Lipinski definition) is 6. The minimum absolute atomic E-state index is 0.167. The van der Waals surface area contributed by atoms with Crippen LogP contribution in [-0.2, 0) is 11.3 Å². The average Bonchev–Trinajstić information content (AvgIpc) is 2.98. The van der Waals surface area contributed by atoms with Crippen molar-refractivity contribution in [1.82, 2.24) is 14.8 Å². The van der Waals surface area contributed by atoms with Gasteiger partial charge in [0.15, 0.2) is 5.82 Å². The third kappa shape index (κ3) is 3.62. The second-order valence-electron chi connectivity index (χ2n) is 6.28. The molecule has 1 saturated heterocycles. The lowest BCUT2D eigenvalue weighted by Gasteiger charge is -2.36. The lowest BCUT2D eigenvalue weighted by molar-refractivity contribution is -0.439. The van der Waals surface area contributed by atoms with Gasteiger partial charge in [0, 0.05) is 32.3 Å². The number of rotatable bonds is 6. The number of nitrogens with zero attached hydrogens (tertiary/aromatic N) is 4. The highest BCUT2D eigenvalue weighted by Crippen LogP contribution is 2.37. The number of fused-ring (bicyclic) bond motifs is 1. The fourth-order valence-electron chi connectivity index (χ4n) is 3.45. The quantitative estimate of drug-likeness (QED) is 0.334. The third-order valence-corrected chi connectivity index (χ3v) is 4.77. The zero-order chi connectivity index (χ0) is 18.0. The van der Waals surface area contributed by atoms with Gasteiger partial charge in [0.1, 0.15) is 11.4 Å². The summed E-state index contributed by atoms with van der Waals surface area (Å²) in [5.74, 6) is 0.479. The molecular weight excluding hydrogens is 344 g/mol. The van der Waals surface area contributed by atoms with Crippen molar-refractivity contribution in [1.29, 1.82) is 0 Å². The van der Waals surface area contributed by atoms with E-state index in [1.54, 1.807) is 18.3 Å². The number of allylic oxidation sites excluding steroid dienone is 1. The van der Waals surface area contributed by atoms with Gasteiger partial charge in [0.05, 0.1) is 17.4 Å². The van der Waals surface area contributed by atoms with E-state index >= 15 is 0 Å². The number of aromatic nitrogens is 1. The predicted octanol–water partition coefficient (Wildman–Crippen LogP) is 2.87. The normalized spacial score (nSPS) is 23.0. The lowest BCUT2D eigenvalue weighted by Crippen LogP contribution is -2.43. The van der Waals surface area contributed by atoms with Crippen LogP contribution in [0.2, 0.25) is 5.15 Å². The fraction of sp³-hybridized carbons (Fsp3) is 0.471. The maximum Gasteiger partial charge on any atom is 0.289 e. The van der Waals surface area contributed by atoms with Gasteiger partial charge < -0.3 is 14.5 Å². The summed E-state index contributed by atoms with van der Waals surface area (Å²) in [5.41, 5.74) is 1.22. The largest absolute Gasteiger partial charge is 0.354 e. The second-order valence-corrected chi connectivity index (χ2v) is 6.67. The predicted molar refractivity (Wildman–Crippen MR) is 94.1 cm³/mol. The van der Waals surface area contributed by atoms with Crippen LogP contribution in [0.3, 0.4) is 0 Å². The van der Waals surface area contributed by atoms with Crippen LogP contribution >= 0.6 is 11.6 Å². The third-order valence-electron chi connectivity index (χ3n) is 4.55. The van der Waals surface area contributed by atoms with Crippen LogP contribution < -0.4 is 0 Å². The molecule has 8 heteroatoms. The van der Waals surface area contributed by atoms with Gasteiger partial charge in [-0.15, -0.1) is 6.58 Å². The van der Waals surface area contributed by atoms with Gasteiger partial charge in [0.2, 0.25) is 0 Å². The first-order valence-corrected chi connectivity index (χ1v) is 8.62. The summed E-state index contributed by atoms with van der Waals surface area (Å²) in [6, 6.07) is 3.62. The number of ether oxygens (including phenoxy) is 1. The van der Waals surface area contributed by atoms with Crippen LogP contribution in [0.4, 0.5) is 0 Å². The molecule has 3 heterocycles. The SMILES string of the molecule is C=CCOC1CC(C)C([N+](=O)[O-])=C2N(Cc3ccc(Cl)nc3)CCN21. The zero-order valence-corrected chi connectivity index (χ0v) is 14.9. The Kier molecular flexibility index (Phi) is 5.24. The molecule has 0 saturated carbocycles. The summed E-state index contributed by atoms with van der Waals surface area (Å²) < 4.78 is 5.85. The van der Waals surface area contributed by atoms with Gasteiger partial charge in [-0.1, -0.05) is 30.7 Å². The average molecular weight is 365 g/mol. The number of pyridine rings is 1. The molecule has 0 amide bonds. The van der Waals surface area contributed by atoms with E-state index in [9.17, 15) is 10.1 Å². The van der Waals surface area contributed by atoms with Gasteiger partial charge >= 0.3 is 0 Å². The standard InChI is InChI=1S/C17H21ClN4O3/c1-3-8-25-15-9-12(2)16(22(23)24)17-20(6-7-21(15)17)11-13-4-5-14(18)19-10-13/h3-5,10,12,15H,1,6-9,11H2,2H3. The molecule has 7 nitrogen and oxygen atoms in total. The monoisotopic (exact) mass is 364 g/mol. The fourth-order valence-corrected chi connectivity index (χ4v) is 3.56. The molecule has 3 rings (SSSR count). The molecule has 1 fully saturated rings. The molecule has 1 aromatic heterocycles. The van der Waals surface area contributed by atoms with Crippen molar-refractivity contribution in [2.75, 3.05) is 19.7 Å². The Bertz CT molecular complexity index is 692. The van der Waals surface area contributed by atoms with Crippen molar-refractivity contribution in [3.8, 4) is 0 Å². The Balaban J connectivity index is 1.90. The summed E-state index contributed by atoms with van der Waals surface area (Å²) in [4.78, 5) is 19.5. The molecule has 0 spiro atoms. The van der Waals surface area contributed by atoms with Crippen molar-refractivity contribution in [3.05, 3.63) is 63.3 Å². The maximum absolute atomic E-state index is 11.7. The van der Waals surface area contributed by atoms with Gasteiger partial charge in [-0.3, -0.25) is 10.1 Å². The molecule has 0 aliphatic carbocycles. The van der Waals surface area contributed by atoms with Crippen molar-refractivity contribution in [3.63, 3.8) is 0 Å². The second kappa shape index (κ2) is 7.41. The molecule has 0 aromatic carbocycles. The molecule has 2 atom stereocenters. The van der Waals surface area contributed by atoms with Gasteiger partial charge in [-0.2, -0.15) is 0 Å². The summed E-state index contributed by atoms with van der Waals surface area (Å²) in [6.07, 6.45) is 3.84. The minimum Gasteiger partial charge on any atom is -0.354 e. The van der Waals surface area contributed by atoms with Crippen LogP contribution in [-0.4, -0.2) is 45.6 Å². The first-order chi connectivity index (χ1) is 12.0. The molecule has 2 aliphatic heterocycles. The van der Waals surface area contributed by atoms with Crippen molar-refractivity contribution < 1.29 is 9.66 Å². The van der Waals surface area contributed by atoms with Crippen molar-refractivity contribution >= 4 is 11.6 Å². The Hall–Kier alpha value is -2.12. The molecule has 0 bridgehead atoms. The van der Waals surface area contributed by atoms with Gasteiger partial charge in [-0.25, -0.2) is 4.98 Å². The van der Waals surface area contributed by atoms with E-state index in [2.05, 4.69) is 11.6 Å². The summed E-state index contributed by atoms with van der Waals surface area (Å²) in [7, 11) is 0. The Morgan fingerprint density at radius 1 is 1.52 bits per heavy atom. The summed E-state index contributed by atoms with van der Waals surface area (Å²) in [6.45, 7) is 7.94. The highest BCUT2D eigenvalue weighted by atomic mass is 35.5. The first-order valence-electron chi connectivity index (χ1n) is 8.24. The lowest BCUT2D eigenvalue weighted by atomic mass is 9.98. The van der Waals surface area contributed by atoms with Crippen LogP contribution in [0, 0.1) is 16.0 Å². The number of halogens is 1. The summed E-state index contributed by atoms with van der Waals surface area (Å²) >= 11 is 5.83. The Morgan fingerprint density at radius 3 is 2.96 bits per heavy atom. The van der Waals surface area contributed by atoms with Gasteiger partial charge in [0.25, 0.3) is 5.70 Å². The molecule has 2 unspecified atom stereocenters. The number of hydrogen-bond donors (Lipinski definition) is 0. The van der Waals surface area contributed by atoms with E-state index in [0.29, 0.717) is 43.6 Å².